The van der Waals surface area contributed by atoms with Crippen LogP contribution in [0.2, 0.25) is 0 Å². The van der Waals surface area contributed by atoms with Gasteiger partial charge in [0.1, 0.15) is 11.4 Å². The van der Waals surface area contributed by atoms with E-state index in [1.165, 1.54) is 0 Å². The molecule has 0 unspecified atom stereocenters. The predicted molar refractivity (Wildman–Crippen MR) is 216 cm³/mol. The number of pyridine rings is 3. The Morgan fingerprint density at radius 2 is 0.759 bits per heavy atom. The summed E-state index contributed by atoms with van der Waals surface area (Å²) in [6.07, 6.45) is 6.31. The number of rotatable bonds is 6. The minimum Gasteiger partial charge on any atom is -0.287 e. The molecule has 5 nitrogen and oxygen atoms in total. The Morgan fingerprint density at radius 3 is 1.15 bits per heavy atom. The Morgan fingerprint density at radius 1 is 0.389 bits per heavy atom. The summed E-state index contributed by atoms with van der Waals surface area (Å²) in [6.45, 7) is 0. The van der Waals surface area contributed by atoms with E-state index in [4.69, 9.17) is 15.0 Å². The van der Waals surface area contributed by atoms with Crippen molar-refractivity contribution >= 4 is 23.7 Å². The van der Waals surface area contributed by atoms with Gasteiger partial charge >= 0.3 is 0 Å². The minimum absolute atomic E-state index is 0.0784. The highest BCUT2D eigenvalue weighted by atomic mass is 16.1. The third-order valence-electron chi connectivity index (χ3n) is 10.3. The Balaban J connectivity index is 1.05. The summed E-state index contributed by atoms with van der Waals surface area (Å²) < 4.78 is 0. The zero-order chi connectivity index (χ0) is 36.4. The lowest BCUT2D eigenvalue weighted by molar-refractivity contribution is 0.101. The molecule has 0 aliphatic heterocycles. The summed E-state index contributed by atoms with van der Waals surface area (Å²) >= 11 is 0. The number of aromatic nitrogens is 3. The highest BCUT2D eigenvalue weighted by Crippen LogP contribution is 2.38. The van der Waals surface area contributed by atoms with Gasteiger partial charge in [-0.3, -0.25) is 9.59 Å². The molecule has 7 aromatic rings. The van der Waals surface area contributed by atoms with Gasteiger partial charge in [-0.25, -0.2) is 15.0 Å². The van der Waals surface area contributed by atoms with Crippen molar-refractivity contribution in [3.8, 4) is 44.8 Å². The van der Waals surface area contributed by atoms with E-state index < -0.39 is 0 Å². The molecule has 0 saturated heterocycles. The van der Waals surface area contributed by atoms with Crippen LogP contribution in [0.5, 0.6) is 0 Å². The van der Waals surface area contributed by atoms with Gasteiger partial charge in [0, 0.05) is 22.3 Å². The van der Waals surface area contributed by atoms with Gasteiger partial charge in [-0.05, 0) is 95.5 Å². The first-order chi connectivity index (χ1) is 26.6. The normalized spacial score (nSPS) is 15.3. The third kappa shape index (κ3) is 6.41. The molecule has 0 radical (unpaired) electrons. The fourth-order valence-corrected chi connectivity index (χ4v) is 7.60. The van der Waals surface area contributed by atoms with Crippen molar-refractivity contribution in [3.05, 3.63) is 197 Å². The summed E-state index contributed by atoms with van der Waals surface area (Å²) in [5.41, 5.74) is 13.3. The van der Waals surface area contributed by atoms with Crippen LogP contribution in [-0.4, -0.2) is 26.5 Å². The van der Waals surface area contributed by atoms with Crippen LogP contribution in [0.25, 0.3) is 56.9 Å². The van der Waals surface area contributed by atoms with E-state index in [-0.39, 0.29) is 11.6 Å². The number of ketones is 2. The number of nitrogens with zero attached hydrogens (tertiary/aromatic N) is 3. The number of allylic oxidation sites excluding steroid dienone is 2. The first-order valence-electron chi connectivity index (χ1n) is 18.4. The van der Waals surface area contributed by atoms with Crippen molar-refractivity contribution in [3.63, 3.8) is 0 Å². The predicted octanol–water partition coefficient (Wildman–Crippen LogP) is 11.0. The third-order valence-corrected chi connectivity index (χ3v) is 10.3. The van der Waals surface area contributed by atoms with Crippen molar-refractivity contribution in [2.75, 3.05) is 0 Å². The zero-order valence-corrected chi connectivity index (χ0v) is 29.6. The highest BCUT2D eigenvalue weighted by molar-refractivity contribution is 6.14. The molecule has 0 saturated carbocycles. The second kappa shape index (κ2) is 14.3. The van der Waals surface area contributed by atoms with E-state index in [9.17, 15) is 9.59 Å². The molecule has 5 heteroatoms. The molecule has 9 rings (SSSR count). The summed E-state index contributed by atoms with van der Waals surface area (Å²) in [5, 5.41) is 0. The van der Waals surface area contributed by atoms with Crippen LogP contribution in [0, 0.1) is 0 Å². The van der Waals surface area contributed by atoms with Crippen LogP contribution in [0.15, 0.2) is 163 Å². The molecule has 3 aromatic heterocycles. The smallest absolute Gasteiger partial charge is 0.207 e. The number of Topliss-reactive ketones (excluding diaryl/α,β-unsaturated/α-hetero) is 2. The van der Waals surface area contributed by atoms with Crippen molar-refractivity contribution < 1.29 is 9.59 Å². The maximum atomic E-state index is 14.2. The molecule has 3 heterocycles. The molecule has 2 aliphatic rings. The molecule has 2 aliphatic carbocycles. The average Bonchev–Trinajstić information content (AvgIpc) is 3.24. The molecule has 0 amide bonds. The van der Waals surface area contributed by atoms with E-state index in [1.807, 2.05) is 127 Å². The van der Waals surface area contributed by atoms with Crippen LogP contribution < -0.4 is 0 Å². The maximum Gasteiger partial charge on any atom is 0.207 e. The minimum atomic E-state index is -0.0784. The van der Waals surface area contributed by atoms with Gasteiger partial charge in [-0.1, -0.05) is 127 Å². The first kappa shape index (κ1) is 33.0. The van der Waals surface area contributed by atoms with Crippen molar-refractivity contribution in [2.45, 2.75) is 25.7 Å². The second-order valence-electron chi connectivity index (χ2n) is 13.7. The van der Waals surface area contributed by atoms with E-state index in [0.717, 1.165) is 55.9 Å². The molecular weight excluding hydrogens is 663 g/mol. The molecule has 258 valence electrons. The number of hydrogen-bond acceptors (Lipinski definition) is 5. The fourth-order valence-electron chi connectivity index (χ4n) is 7.60. The highest BCUT2D eigenvalue weighted by Gasteiger charge is 2.29. The zero-order valence-electron chi connectivity index (χ0n) is 29.6. The average molecular weight is 698 g/mol. The quantitative estimate of drug-likeness (QED) is 0.162. The van der Waals surface area contributed by atoms with Gasteiger partial charge in [0.15, 0.2) is 0 Å². The molecule has 0 spiro atoms. The van der Waals surface area contributed by atoms with Crippen LogP contribution in [0.1, 0.15) is 56.3 Å². The molecule has 0 N–H and O–H groups in total. The van der Waals surface area contributed by atoms with Crippen molar-refractivity contribution in [1.29, 1.82) is 0 Å². The van der Waals surface area contributed by atoms with Gasteiger partial charge < -0.3 is 0 Å². The van der Waals surface area contributed by atoms with E-state index in [0.29, 0.717) is 59.6 Å². The number of fused-ring (bicyclic) bond motifs is 2. The van der Waals surface area contributed by atoms with Crippen LogP contribution >= 0.6 is 0 Å². The Labute approximate surface area is 314 Å². The van der Waals surface area contributed by atoms with Gasteiger partial charge in [0.2, 0.25) is 11.6 Å². The van der Waals surface area contributed by atoms with Crippen molar-refractivity contribution in [2.24, 2.45) is 0 Å². The van der Waals surface area contributed by atoms with Crippen LogP contribution in [-0.2, 0) is 12.8 Å². The van der Waals surface area contributed by atoms with E-state index >= 15 is 0 Å². The number of hydrogen-bond donors (Lipinski definition) is 0. The SMILES string of the molecule is O=C1/C(=C/c2cccc(/C=C3\CCc4c(-c5ccccc5)cc(-c5ccccc5)nc4C3=O)n2)CCc2c(-c3ccccc3)cc(-c3ccccc3)nc21. The monoisotopic (exact) mass is 697 g/mol. The lowest BCUT2D eigenvalue weighted by Crippen LogP contribution is -2.18. The largest absolute Gasteiger partial charge is 0.287 e. The van der Waals surface area contributed by atoms with Crippen LogP contribution in [0.4, 0.5) is 0 Å². The van der Waals surface area contributed by atoms with E-state index in [2.05, 4.69) is 36.4 Å². The summed E-state index contributed by atoms with van der Waals surface area (Å²) in [5.74, 6) is -0.157. The first-order valence-corrected chi connectivity index (χ1v) is 18.4. The topological polar surface area (TPSA) is 72.8 Å². The van der Waals surface area contributed by atoms with Crippen molar-refractivity contribution in [1.82, 2.24) is 15.0 Å². The van der Waals surface area contributed by atoms with E-state index in [1.54, 1.807) is 0 Å². The summed E-state index contributed by atoms with van der Waals surface area (Å²) in [4.78, 5) is 43.2. The fraction of sp³-hybridized carbons (Fsp3) is 0.0816. The molecule has 0 bridgehead atoms. The second-order valence-corrected chi connectivity index (χ2v) is 13.7. The summed E-state index contributed by atoms with van der Waals surface area (Å²) in [6, 6.07) is 50.4. The lowest BCUT2D eigenvalue weighted by Gasteiger charge is -2.22. The number of carbonyl (C=O) groups is 2. The molecule has 0 atom stereocenters. The molecule has 4 aromatic carbocycles. The van der Waals surface area contributed by atoms with Gasteiger partial charge in [0.25, 0.3) is 0 Å². The number of benzene rings is 4. The Kier molecular flexibility index (Phi) is 8.73. The lowest BCUT2D eigenvalue weighted by atomic mass is 9.84. The summed E-state index contributed by atoms with van der Waals surface area (Å²) in [7, 11) is 0. The molecule has 54 heavy (non-hydrogen) atoms. The maximum absolute atomic E-state index is 14.2. The molecule has 0 fully saturated rings. The standard InChI is InChI=1S/C49H35N3O2/c53-48-36(24-26-40-42(32-14-5-1-6-15-32)30-44(51-46(40)48)34-18-9-3-10-19-34)28-38-22-13-23-39(50-38)29-37-25-27-41-43(33-16-7-2-8-17-33)31-45(52-47(41)49(37)54)35-20-11-4-12-21-35/h1-23,28-31H,24-27H2/b36-28+,37-29+. The Bertz CT molecular complexity index is 2430. The van der Waals surface area contributed by atoms with Gasteiger partial charge in [-0.15, -0.1) is 0 Å². The Hall–Kier alpha value is -6.85. The van der Waals surface area contributed by atoms with Crippen LogP contribution in [0.3, 0.4) is 0 Å². The number of carbonyl (C=O) groups excluding carboxylic acids is 2. The molecular formula is C49H35N3O2. The van der Waals surface area contributed by atoms with Gasteiger partial charge in [-0.2, -0.15) is 0 Å². The van der Waals surface area contributed by atoms with Gasteiger partial charge in [0.05, 0.1) is 22.8 Å².